The predicted molar refractivity (Wildman–Crippen MR) is 84.3 cm³/mol. The van der Waals surface area contributed by atoms with E-state index in [0.717, 1.165) is 17.7 Å². The molecule has 0 bridgehead atoms. The van der Waals surface area contributed by atoms with Crippen LogP contribution in [0.25, 0.3) is 0 Å². The number of carbonyl (C=O) groups excluding carboxylic acids is 3. The zero-order chi connectivity index (χ0) is 17.2. The van der Waals surface area contributed by atoms with Crippen LogP contribution in [0.5, 0.6) is 0 Å². The molecular formula is C17H20FN3O3. The van der Waals surface area contributed by atoms with Gasteiger partial charge in [0.05, 0.1) is 0 Å². The molecule has 1 saturated carbocycles. The number of hydrogen-bond donors (Lipinski definition) is 2. The van der Waals surface area contributed by atoms with Gasteiger partial charge in [0.2, 0.25) is 5.91 Å². The van der Waals surface area contributed by atoms with Crippen LogP contribution in [-0.4, -0.2) is 34.8 Å². The second-order valence-electron chi connectivity index (χ2n) is 6.29. The first kappa shape index (κ1) is 16.4. The molecule has 24 heavy (non-hydrogen) atoms. The topological polar surface area (TPSA) is 78.5 Å². The van der Waals surface area contributed by atoms with E-state index in [4.69, 9.17) is 0 Å². The lowest BCUT2D eigenvalue weighted by Gasteiger charge is -2.19. The molecule has 1 aliphatic carbocycles. The number of carbonyl (C=O) groups is 3. The summed E-state index contributed by atoms with van der Waals surface area (Å²) >= 11 is 0. The second-order valence-corrected chi connectivity index (χ2v) is 6.29. The number of nitrogens with zero attached hydrogens (tertiary/aromatic N) is 1. The molecule has 0 radical (unpaired) electrons. The fourth-order valence-electron chi connectivity index (χ4n) is 3.33. The molecule has 3 rings (SSSR count). The Balaban J connectivity index is 1.50. The Labute approximate surface area is 139 Å². The molecular weight excluding hydrogens is 313 g/mol. The van der Waals surface area contributed by atoms with E-state index < -0.39 is 11.6 Å². The van der Waals surface area contributed by atoms with Gasteiger partial charge in [0.1, 0.15) is 11.4 Å². The Morgan fingerprint density at radius 2 is 1.96 bits per heavy atom. The minimum absolute atomic E-state index is 0.00366. The van der Waals surface area contributed by atoms with Crippen LogP contribution >= 0.6 is 0 Å². The van der Waals surface area contributed by atoms with Crippen molar-refractivity contribution in [1.82, 2.24) is 15.5 Å². The van der Waals surface area contributed by atoms with Crippen molar-refractivity contribution in [2.75, 3.05) is 6.54 Å². The summed E-state index contributed by atoms with van der Waals surface area (Å²) in [5, 5.41) is 5.38. The number of halogens is 1. The number of amides is 4. The van der Waals surface area contributed by atoms with E-state index in [0.29, 0.717) is 18.4 Å². The van der Waals surface area contributed by atoms with Crippen LogP contribution in [-0.2, 0) is 16.1 Å². The Kier molecular flexibility index (Phi) is 4.51. The van der Waals surface area contributed by atoms with Crippen LogP contribution in [0.3, 0.4) is 0 Å². The maximum Gasteiger partial charge on any atom is 0.325 e. The lowest BCUT2D eigenvalue weighted by Crippen LogP contribution is -2.44. The standard InChI is InChI=1S/C17H20FN3O3/c18-13-6-2-1-5-12(13)11-19-14(22)7-10-21-15(23)17(20-16(21)24)8-3-4-9-17/h1-2,5-6H,3-4,7-11H2,(H,19,22)(H,20,24). The Hall–Kier alpha value is -2.44. The van der Waals surface area contributed by atoms with E-state index in [9.17, 15) is 18.8 Å². The first-order chi connectivity index (χ1) is 11.5. The molecule has 6 nitrogen and oxygen atoms in total. The third-order valence-electron chi connectivity index (χ3n) is 4.70. The molecule has 1 saturated heterocycles. The molecule has 7 heteroatoms. The highest BCUT2D eigenvalue weighted by Gasteiger charge is 2.52. The maximum absolute atomic E-state index is 13.5. The van der Waals surface area contributed by atoms with Crippen LogP contribution in [0.4, 0.5) is 9.18 Å². The lowest BCUT2D eigenvalue weighted by atomic mass is 9.98. The van der Waals surface area contributed by atoms with Gasteiger partial charge in [-0.15, -0.1) is 0 Å². The number of rotatable bonds is 5. The van der Waals surface area contributed by atoms with Gasteiger partial charge in [-0.05, 0) is 18.9 Å². The summed E-state index contributed by atoms with van der Waals surface area (Å²) in [4.78, 5) is 37.5. The van der Waals surface area contributed by atoms with E-state index >= 15 is 0 Å². The smallest absolute Gasteiger partial charge is 0.325 e. The van der Waals surface area contributed by atoms with Crippen molar-refractivity contribution in [2.24, 2.45) is 0 Å². The molecule has 2 N–H and O–H groups in total. The van der Waals surface area contributed by atoms with Gasteiger partial charge in [0.15, 0.2) is 0 Å². The molecule has 4 amide bonds. The molecule has 2 aliphatic rings. The number of nitrogens with one attached hydrogen (secondary N) is 2. The van der Waals surface area contributed by atoms with Crippen molar-refractivity contribution in [1.29, 1.82) is 0 Å². The molecule has 128 valence electrons. The quantitative estimate of drug-likeness (QED) is 0.805. The average Bonchev–Trinajstić information content (AvgIpc) is 3.11. The molecule has 0 atom stereocenters. The van der Waals surface area contributed by atoms with Crippen molar-refractivity contribution < 1.29 is 18.8 Å². The van der Waals surface area contributed by atoms with Crippen molar-refractivity contribution in [2.45, 2.75) is 44.2 Å². The van der Waals surface area contributed by atoms with Gasteiger partial charge in [-0.2, -0.15) is 0 Å². The minimum Gasteiger partial charge on any atom is -0.352 e. The molecule has 1 heterocycles. The van der Waals surface area contributed by atoms with Gasteiger partial charge in [-0.3, -0.25) is 14.5 Å². The number of benzene rings is 1. The summed E-state index contributed by atoms with van der Waals surface area (Å²) in [7, 11) is 0. The van der Waals surface area contributed by atoms with Crippen molar-refractivity contribution in [3.63, 3.8) is 0 Å². The van der Waals surface area contributed by atoms with Gasteiger partial charge in [0, 0.05) is 25.1 Å². The van der Waals surface area contributed by atoms with E-state index in [1.165, 1.54) is 6.07 Å². The molecule has 0 unspecified atom stereocenters. The van der Waals surface area contributed by atoms with Crippen LogP contribution in [0.1, 0.15) is 37.7 Å². The maximum atomic E-state index is 13.5. The largest absolute Gasteiger partial charge is 0.352 e. The summed E-state index contributed by atoms with van der Waals surface area (Å²) in [5.74, 6) is -0.937. The first-order valence-electron chi connectivity index (χ1n) is 8.16. The third kappa shape index (κ3) is 3.11. The molecule has 2 fully saturated rings. The Morgan fingerprint density at radius 3 is 2.67 bits per heavy atom. The van der Waals surface area contributed by atoms with Gasteiger partial charge < -0.3 is 10.6 Å². The molecule has 0 aromatic heterocycles. The van der Waals surface area contributed by atoms with Gasteiger partial charge in [-0.1, -0.05) is 31.0 Å². The number of urea groups is 1. The van der Waals surface area contributed by atoms with Gasteiger partial charge >= 0.3 is 6.03 Å². The zero-order valence-electron chi connectivity index (χ0n) is 13.3. The third-order valence-corrected chi connectivity index (χ3v) is 4.70. The van der Waals surface area contributed by atoms with Crippen molar-refractivity contribution in [3.05, 3.63) is 35.6 Å². The molecule has 1 aromatic rings. The van der Waals surface area contributed by atoms with Crippen LogP contribution < -0.4 is 10.6 Å². The van der Waals surface area contributed by atoms with E-state index in [-0.39, 0.29) is 37.1 Å². The number of hydrogen-bond acceptors (Lipinski definition) is 3. The van der Waals surface area contributed by atoms with E-state index in [1.54, 1.807) is 18.2 Å². The summed E-state index contributed by atoms with van der Waals surface area (Å²) < 4.78 is 13.5. The van der Waals surface area contributed by atoms with Crippen molar-refractivity contribution >= 4 is 17.8 Å². The van der Waals surface area contributed by atoms with Crippen molar-refractivity contribution in [3.8, 4) is 0 Å². The monoisotopic (exact) mass is 333 g/mol. The predicted octanol–water partition coefficient (Wildman–Crippen LogP) is 1.70. The highest BCUT2D eigenvalue weighted by molar-refractivity contribution is 6.07. The van der Waals surface area contributed by atoms with Crippen LogP contribution in [0, 0.1) is 5.82 Å². The van der Waals surface area contributed by atoms with Crippen LogP contribution in [0.2, 0.25) is 0 Å². The highest BCUT2D eigenvalue weighted by atomic mass is 19.1. The van der Waals surface area contributed by atoms with Gasteiger partial charge in [-0.25, -0.2) is 9.18 Å². The summed E-state index contributed by atoms with van der Waals surface area (Å²) in [5.41, 5.74) is -0.355. The van der Waals surface area contributed by atoms with E-state index in [1.807, 2.05) is 0 Å². The van der Waals surface area contributed by atoms with Gasteiger partial charge in [0.25, 0.3) is 5.91 Å². The summed E-state index contributed by atoms with van der Waals surface area (Å²) in [6.45, 7) is 0.116. The fourth-order valence-corrected chi connectivity index (χ4v) is 3.33. The minimum atomic E-state index is -0.749. The molecule has 1 aromatic carbocycles. The highest BCUT2D eigenvalue weighted by Crippen LogP contribution is 2.34. The SMILES string of the molecule is O=C(CCN1C(=O)NC2(CCCC2)C1=O)NCc1ccccc1F. The summed E-state index contributed by atoms with van der Waals surface area (Å²) in [6, 6.07) is 5.77. The lowest BCUT2D eigenvalue weighted by molar-refractivity contribution is -0.131. The molecule has 1 aliphatic heterocycles. The Morgan fingerprint density at radius 1 is 1.25 bits per heavy atom. The molecule has 1 spiro atoms. The van der Waals surface area contributed by atoms with Crippen LogP contribution in [0.15, 0.2) is 24.3 Å². The number of imide groups is 1. The fraction of sp³-hybridized carbons (Fsp3) is 0.471. The van der Waals surface area contributed by atoms with E-state index in [2.05, 4.69) is 10.6 Å². The summed E-state index contributed by atoms with van der Waals surface area (Å²) in [6.07, 6.45) is 3.16. The average molecular weight is 333 g/mol. The zero-order valence-corrected chi connectivity index (χ0v) is 13.3. The normalized spacial score (nSPS) is 19.0. The first-order valence-corrected chi connectivity index (χ1v) is 8.16. The second kappa shape index (κ2) is 6.59. The Bertz CT molecular complexity index is 671.